The third kappa shape index (κ3) is 4.31. The summed E-state index contributed by atoms with van der Waals surface area (Å²) in [4.78, 5) is 21.2. The molecule has 6 rings (SSSR count). The van der Waals surface area contributed by atoms with Gasteiger partial charge in [-0.3, -0.25) is 9.59 Å². The van der Waals surface area contributed by atoms with Gasteiger partial charge in [-0.15, -0.1) is 0 Å². The first-order chi connectivity index (χ1) is 15.0. The minimum Gasteiger partial charge on any atom is -0.457 e. The van der Waals surface area contributed by atoms with E-state index in [0.717, 1.165) is 11.5 Å². The Balaban J connectivity index is 0.000000168. The summed E-state index contributed by atoms with van der Waals surface area (Å²) in [7, 11) is 0. The van der Waals surface area contributed by atoms with Gasteiger partial charge in [0.25, 0.3) is 0 Å². The molecule has 2 bridgehead atoms. The molecule has 0 aliphatic carbocycles. The number of rotatable bonds is 4. The molecule has 0 aromatic heterocycles. The first-order valence-electron chi connectivity index (χ1n) is 9.69. The average molecular weight is 408 g/mol. The minimum atomic E-state index is -0.522. The number of hydrogen-bond donors (Lipinski definition) is 2. The quantitative estimate of drug-likeness (QED) is 0.433. The fraction of sp³-hybridized carbons (Fsp3) is 0. The molecule has 6 aromatic carbocycles. The molecule has 0 aliphatic rings. The van der Waals surface area contributed by atoms with Crippen molar-refractivity contribution in [1.29, 1.82) is 0 Å². The maximum Gasteiger partial charge on any atom is 0.248 e. The Morgan fingerprint density at radius 1 is 0.581 bits per heavy atom. The molecule has 5 heteroatoms. The molecule has 0 atom stereocenters. The van der Waals surface area contributed by atoms with Gasteiger partial charge in [0.1, 0.15) is 11.5 Å². The van der Waals surface area contributed by atoms with E-state index < -0.39 is 11.8 Å². The molecule has 152 valence electrons. The number of hydrogen-bond acceptors (Lipinski definition) is 3. The largest absolute Gasteiger partial charge is 0.457 e. The fourth-order valence-corrected chi connectivity index (χ4v) is 3.39. The molecule has 0 spiro atoms. The van der Waals surface area contributed by atoms with Crippen LogP contribution in [0.15, 0.2) is 97.1 Å². The third-order valence-corrected chi connectivity index (χ3v) is 4.94. The van der Waals surface area contributed by atoms with Gasteiger partial charge in [0.15, 0.2) is 0 Å². The molecule has 2 amide bonds. The smallest absolute Gasteiger partial charge is 0.248 e. The van der Waals surface area contributed by atoms with Gasteiger partial charge in [-0.25, -0.2) is 0 Å². The van der Waals surface area contributed by atoms with E-state index in [9.17, 15) is 9.59 Å². The molecule has 31 heavy (non-hydrogen) atoms. The van der Waals surface area contributed by atoms with Crippen LogP contribution < -0.4 is 16.2 Å². The van der Waals surface area contributed by atoms with Crippen molar-refractivity contribution in [3.8, 4) is 11.5 Å². The standard InChI is InChI=1S/C18H12O.C8H8N2O2/c1-2-5-15(6-3-1)19-17-8-4-7-16-13-9-11-14(12-10-13)18(16)17;9-7(11)5-1-2-6(4-3-5)8(10)12/h1-12H;1-4H,(H2,9,11)(H2,10,12). The van der Waals surface area contributed by atoms with Crippen LogP contribution in [0.4, 0.5) is 0 Å². The molecule has 5 nitrogen and oxygen atoms in total. The van der Waals surface area contributed by atoms with E-state index in [4.69, 9.17) is 16.2 Å². The summed E-state index contributed by atoms with van der Waals surface area (Å²) in [6.45, 7) is 0. The highest BCUT2D eigenvalue weighted by Crippen LogP contribution is 2.36. The lowest BCUT2D eigenvalue weighted by atomic mass is 9.99. The molecule has 0 saturated heterocycles. The maximum absolute atomic E-state index is 10.6. The van der Waals surface area contributed by atoms with Crippen LogP contribution in [-0.2, 0) is 0 Å². The van der Waals surface area contributed by atoms with Crippen LogP contribution in [0.2, 0.25) is 0 Å². The Morgan fingerprint density at radius 2 is 1.13 bits per heavy atom. The van der Waals surface area contributed by atoms with E-state index in [1.807, 2.05) is 42.5 Å². The molecule has 0 fully saturated rings. The van der Waals surface area contributed by atoms with Crippen molar-refractivity contribution < 1.29 is 14.3 Å². The zero-order valence-corrected chi connectivity index (χ0v) is 16.6. The summed E-state index contributed by atoms with van der Waals surface area (Å²) in [6, 6.07) is 30.6. The summed E-state index contributed by atoms with van der Waals surface area (Å²) in [5, 5.41) is 4.93. The van der Waals surface area contributed by atoms with E-state index in [1.54, 1.807) is 0 Å². The number of primary amides is 2. The normalized spacial score (nSPS) is 10.5. The molecule has 0 heterocycles. The molecule has 0 saturated carbocycles. The SMILES string of the molecule is NC(=O)c1ccc(C(N)=O)cc1.c1ccc(Oc2cccc3c4ccc(cc4)c23)cc1. The second kappa shape index (κ2) is 8.55. The first kappa shape index (κ1) is 19.9. The number of ether oxygens (including phenoxy) is 1. The van der Waals surface area contributed by atoms with Gasteiger partial charge in [-0.1, -0.05) is 54.6 Å². The molecule has 0 radical (unpaired) electrons. The van der Waals surface area contributed by atoms with Crippen LogP contribution in [0.1, 0.15) is 20.7 Å². The Labute approximate surface area is 179 Å². The predicted octanol–water partition coefficient (Wildman–Crippen LogP) is 5.11. The maximum atomic E-state index is 10.6. The molecule has 0 aliphatic heterocycles. The number of amides is 2. The molecular formula is C26H20N2O3. The van der Waals surface area contributed by atoms with Crippen molar-refractivity contribution in [3.05, 3.63) is 108 Å². The van der Waals surface area contributed by atoms with E-state index >= 15 is 0 Å². The topological polar surface area (TPSA) is 95.4 Å². The van der Waals surface area contributed by atoms with E-state index in [2.05, 4.69) is 30.3 Å². The van der Waals surface area contributed by atoms with Crippen LogP contribution >= 0.6 is 0 Å². The Hall–Kier alpha value is -4.38. The lowest BCUT2D eigenvalue weighted by Gasteiger charge is -2.12. The highest BCUT2D eigenvalue weighted by Gasteiger charge is 2.09. The lowest BCUT2D eigenvalue weighted by Crippen LogP contribution is -2.13. The van der Waals surface area contributed by atoms with Crippen LogP contribution in [0.25, 0.3) is 21.5 Å². The van der Waals surface area contributed by atoms with Gasteiger partial charge >= 0.3 is 0 Å². The summed E-state index contributed by atoms with van der Waals surface area (Å²) < 4.78 is 6.03. The van der Waals surface area contributed by atoms with Gasteiger partial charge in [0.2, 0.25) is 11.8 Å². The van der Waals surface area contributed by atoms with Crippen LogP contribution in [0.3, 0.4) is 0 Å². The molecule has 0 unspecified atom stereocenters. The summed E-state index contributed by atoms with van der Waals surface area (Å²) in [6.07, 6.45) is 0. The van der Waals surface area contributed by atoms with E-state index in [-0.39, 0.29) is 0 Å². The number of carbonyl (C=O) groups excluding carboxylic acids is 2. The number of fused-ring (bicyclic) bond motifs is 2. The zero-order valence-electron chi connectivity index (χ0n) is 16.6. The molecule has 6 aromatic rings. The second-order valence-electron chi connectivity index (χ2n) is 6.98. The van der Waals surface area contributed by atoms with Crippen molar-refractivity contribution in [2.75, 3.05) is 0 Å². The van der Waals surface area contributed by atoms with Crippen molar-refractivity contribution in [1.82, 2.24) is 0 Å². The summed E-state index contributed by atoms with van der Waals surface area (Å²) in [5.41, 5.74) is 10.7. The van der Waals surface area contributed by atoms with Crippen LogP contribution in [-0.4, -0.2) is 11.8 Å². The van der Waals surface area contributed by atoms with Gasteiger partial charge in [0.05, 0.1) is 0 Å². The zero-order chi connectivity index (χ0) is 21.8. The lowest BCUT2D eigenvalue weighted by molar-refractivity contribution is 0.0988. The number of para-hydroxylation sites is 1. The van der Waals surface area contributed by atoms with Crippen molar-refractivity contribution >= 4 is 33.4 Å². The summed E-state index contributed by atoms with van der Waals surface area (Å²) in [5.74, 6) is 0.748. The highest BCUT2D eigenvalue weighted by atomic mass is 16.5. The second-order valence-corrected chi connectivity index (χ2v) is 6.98. The third-order valence-electron chi connectivity index (χ3n) is 4.94. The summed E-state index contributed by atoms with van der Waals surface area (Å²) >= 11 is 0. The van der Waals surface area contributed by atoms with Crippen LogP contribution in [0.5, 0.6) is 11.5 Å². The highest BCUT2D eigenvalue weighted by molar-refractivity contribution is 6.12. The Kier molecular flexibility index (Phi) is 5.49. The Morgan fingerprint density at radius 3 is 1.68 bits per heavy atom. The first-order valence-corrected chi connectivity index (χ1v) is 9.69. The van der Waals surface area contributed by atoms with E-state index in [1.165, 1.54) is 45.8 Å². The monoisotopic (exact) mass is 408 g/mol. The number of nitrogens with two attached hydrogens (primary N) is 2. The number of carbonyl (C=O) groups is 2. The van der Waals surface area contributed by atoms with Crippen molar-refractivity contribution in [3.63, 3.8) is 0 Å². The minimum absolute atomic E-state index is 0.361. The van der Waals surface area contributed by atoms with Gasteiger partial charge in [0, 0.05) is 16.5 Å². The van der Waals surface area contributed by atoms with E-state index in [0.29, 0.717) is 11.1 Å². The van der Waals surface area contributed by atoms with Gasteiger partial charge < -0.3 is 16.2 Å². The van der Waals surface area contributed by atoms with Crippen molar-refractivity contribution in [2.24, 2.45) is 11.5 Å². The average Bonchev–Trinajstić information content (AvgIpc) is 2.81. The van der Waals surface area contributed by atoms with Crippen LogP contribution in [0, 0.1) is 0 Å². The van der Waals surface area contributed by atoms with Gasteiger partial charge in [-0.05, 0) is 58.6 Å². The fourth-order valence-electron chi connectivity index (χ4n) is 3.39. The predicted molar refractivity (Wildman–Crippen MR) is 123 cm³/mol. The molecular weight excluding hydrogens is 388 g/mol. The van der Waals surface area contributed by atoms with Gasteiger partial charge in [-0.2, -0.15) is 0 Å². The van der Waals surface area contributed by atoms with Crippen molar-refractivity contribution in [2.45, 2.75) is 0 Å². The molecule has 4 N–H and O–H groups in total. The Bertz CT molecular complexity index is 1290. The number of benzene rings is 6.